The molecule has 0 spiro atoms. The molecule has 0 amide bonds. The van der Waals surface area contributed by atoms with Gasteiger partial charge in [0.15, 0.2) is 5.96 Å². The molecule has 45 heavy (non-hydrogen) atoms. The molecule has 0 aliphatic rings. The van der Waals surface area contributed by atoms with Crippen molar-refractivity contribution in [2.45, 2.75) is 51.1 Å². The molecule has 3 rings (SSSR count). The Morgan fingerprint density at radius 1 is 0.867 bits per heavy atom. The van der Waals surface area contributed by atoms with Crippen LogP contribution in [-0.4, -0.2) is 46.1 Å². The average molecular weight is 645 g/mol. The lowest BCUT2D eigenvalue weighted by molar-refractivity contribution is -0.196. The van der Waals surface area contributed by atoms with E-state index in [0.717, 1.165) is 17.5 Å². The first-order valence-electron chi connectivity index (χ1n) is 13.0. The highest BCUT2D eigenvalue weighted by atomic mass is 19.4. The summed E-state index contributed by atoms with van der Waals surface area (Å²) in [6.45, 7) is 3.93. The number of benzene rings is 2. The van der Waals surface area contributed by atoms with E-state index in [4.69, 9.17) is 22.9 Å². The van der Waals surface area contributed by atoms with Gasteiger partial charge in [0.2, 0.25) is 23.7 Å². The molecule has 12 nitrogen and oxygen atoms in total. The lowest BCUT2D eigenvalue weighted by Crippen LogP contribution is -2.26. The smallest absolute Gasteiger partial charge is 0.462 e. The molecule has 0 aliphatic heterocycles. The van der Waals surface area contributed by atoms with Gasteiger partial charge in [-0.1, -0.05) is 74.5 Å². The Balaban J connectivity index is 0.000000373. The van der Waals surface area contributed by atoms with Crippen LogP contribution in [0.1, 0.15) is 55.7 Å². The highest BCUT2D eigenvalue weighted by Crippen LogP contribution is 2.28. The molecule has 0 fully saturated rings. The van der Waals surface area contributed by atoms with Gasteiger partial charge < -0.3 is 33.0 Å². The maximum Gasteiger partial charge on any atom is 0.490 e. The van der Waals surface area contributed by atoms with Crippen molar-refractivity contribution in [2.24, 2.45) is 27.2 Å². The van der Waals surface area contributed by atoms with Crippen LogP contribution in [0, 0.1) is 0 Å². The van der Waals surface area contributed by atoms with E-state index in [1.54, 1.807) is 0 Å². The van der Waals surface area contributed by atoms with Gasteiger partial charge in [-0.2, -0.15) is 46.3 Å². The molecular formula is C27H34F6N10O2. The van der Waals surface area contributed by atoms with Crippen LogP contribution in [0.5, 0.6) is 0 Å². The summed E-state index contributed by atoms with van der Waals surface area (Å²) in [4.78, 5) is 27.6. The normalized spacial score (nSPS) is 12.7. The van der Waals surface area contributed by atoms with Crippen LogP contribution in [0.2, 0.25) is 0 Å². The first-order valence-corrected chi connectivity index (χ1v) is 13.0. The number of carbonyl (C=O) groups is 1. The maximum atomic E-state index is 12.7. The summed E-state index contributed by atoms with van der Waals surface area (Å²) in [6.07, 6.45) is -8.03. The number of carbonyl (C=O) groups excluding carboxylic acids is 1. The van der Waals surface area contributed by atoms with Crippen LogP contribution < -0.4 is 28.3 Å². The van der Waals surface area contributed by atoms with Gasteiger partial charge >= 0.3 is 18.3 Å². The number of rotatable bonds is 7. The minimum absolute atomic E-state index is 0.00991. The Hall–Kier alpha value is -5.16. The number of hydrogen-bond acceptors (Lipinski definition) is 8. The highest BCUT2D eigenvalue weighted by Gasteiger charge is 2.40. The summed E-state index contributed by atoms with van der Waals surface area (Å²) in [5, 5.41) is 2.86. The summed E-state index contributed by atoms with van der Waals surface area (Å²) >= 11 is 0. The van der Waals surface area contributed by atoms with Crippen molar-refractivity contribution in [1.29, 1.82) is 0 Å². The molecule has 2 aromatic carbocycles. The summed E-state index contributed by atoms with van der Waals surface area (Å²) in [5.74, 6) is -4.11. The van der Waals surface area contributed by atoms with Gasteiger partial charge in [0.05, 0.1) is 19.2 Å². The van der Waals surface area contributed by atoms with E-state index >= 15 is 0 Å². The second kappa shape index (κ2) is 17.8. The summed E-state index contributed by atoms with van der Waals surface area (Å²) in [6, 6.07) is 19.0. The number of anilines is 2. The van der Waals surface area contributed by atoms with Crippen LogP contribution in [-0.2, 0) is 15.7 Å². The monoisotopic (exact) mass is 644 g/mol. The van der Waals surface area contributed by atoms with Crippen LogP contribution >= 0.6 is 0 Å². The maximum absolute atomic E-state index is 12.7. The van der Waals surface area contributed by atoms with Crippen molar-refractivity contribution in [3.63, 3.8) is 0 Å². The summed E-state index contributed by atoms with van der Waals surface area (Å²) in [5.41, 5.74) is 23.4. The Kier molecular flexibility index (Phi) is 15.0. The topological polar surface area (TPSA) is 206 Å². The Morgan fingerprint density at radius 3 is 1.80 bits per heavy atom. The zero-order chi connectivity index (χ0) is 34.2. The SMILES string of the molecule is CCC(N=C(N)N=C(N)N)c1ccccc1.CCC(Nc1nc(N)nc(C(F)(F)F)n1)c1ccccc1.COC(=O)C(F)(F)F. The average Bonchev–Trinajstić information content (AvgIpc) is 2.98. The largest absolute Gasteiger partial charge is 0.490 e. The first-order chi connectivity index (χ1) is 21.0. The summed E-state index contributed by atoms with van der Waals surface area (Å²) < 4.78 is 74.2. The van der Waals surface area contributed by atoms with E-state index in [1.807, 2.05) is 74.5 Å². The Morgan fingerprint density at radius 2 is 1.40 bits per heavy atom. The minimum atomic E-state index is -4.85. The number of alkyl halides is 6. The second-order valence-corrected chi connectivity index (χ2v) is 8.70. The van der Waals surface area contributed by atoms with Gasteiger partial charge in [-0.25, -0.2) is 9.79 Å². The van der Waals surface area contributed by atoms with Crippen molar-refractivity contribution >= 4 is 29.8 Å². The molecule has 246 valence electrons. The Labute approximate surface area is 255 Å². The Bertz CT molecular complexity index is 1380. The predicted molar refractivity (Wildman–Crippen MR) is 157 cm³/mol. The van der Waals surface area contributed by atoms with Crippen molar-refractivity contribution in [1.82, 2.24) is 15.0 Å². The van der Waals surface area contributed by atoms with E-state index in [-0.39, 0.29) is 30.0 Å². The van der Waals surface area contributed by atoms with E-state index in [0.29, 0.717) is 13.5 Å². The van der Waals surface area contributed by atoms with Gasteiger partial charge in [0, 0.05) is 0 Å². The third-order valence-corrected chi connectivity index (χ3v) is 5.34. The molecule has 2 atom stereocenters. The fraction of sp³-hybridized carbons (Fsp3) is 0.333. The lowest BCUT2D eigenvalue weighted by Gasteiger charge is -2.18. The molecule has 1 heterocycles. The standard InChI is InChI=1S/C13H14F3N5.C11H17N5.C3H3F3O2/c1-2-9(8-6-4-3-5-7-8)18-12-20-10(13(14,15)16)19-11(17)21-12;1-2-9(8-6-4-3-5-7-8)15-11(14)16-10(12)13;1-8-2(7)3(4,5)6/h3-7,9H,2H2,1H3,(H3,17,18,19,20,21);3-7,9H,2H2,1H3,(H6,12,13,14,15,16);1H3. The third-order valence-electron chi connectivity index (χ3n) is 5.34. The zero-order valence-corrected chi connectivity index (χ0v) is 24.5. The number of nitrogens with one attached hydrogen (secondary N) is 1. The van der Waals surface area contributed by atoms with E-state index in [1.165, 1.54) is 0 Å². The number of halogens is 6. The molecule has 0 aliphatic carbocycles. The minimum Gasteiger partial charge on any atom is -0.462 e. The molecule has 0 saturated heterocycles. The molecule has 1 aromatic heterocycles. The van der Waals surface area contributed by atoms with Gasteiger partial charge in [0.25, 0.3) is 0 Å². The zero-order valence-electron chi connectivity index (χ0n) is 24.5. The van der Waals surface area contributed by atoms with Gasteiger partial charge in [0.1, 0.15) is 0 Å². The number of nitrogens with two attached hydrogens (primary N) is 4. The molecular weight excluding hydrogens is 610 g/mol. The number of guanidine groups is 2. The van der Waals surface area contributed by atoms with Crippen LogP contribution in [0.4, 0.5) is 38.2 Å². The third kappa shape index (κ3) is 14.2. The molecule has 0 saturated carbocycles. The number of nitrogen functional groups attached to an aromatic ring is 1. The van der Waals surface area contributed by atoms with Crippen LogP contribution in [0.3, 0.4) is 0 Å². The number of methoxy groups -OCH3 is 1. The number of ether oxygens (including phenoxy) is 1. The predicted octanol–water partition coefficient (Wildman–Crippen LogP) is 4.48. The molecule has 0 bridgehead atoms. The van der Waals surface area contributed by atoms with Crippen LogP contribution in [0.15, 0.2) is 70.6 Å². The van der Waals surface area contributed by atoms with Crippen LogP contribution in [0.25, 0.3) is 0 Å². The van der Waals surface area contributed by atoms with E-state index in [2.05, 4.69) is 35.0 Å². The molecule has 0 radical (unpaired) electrons. The second-order valence-electron chi connectivity index (χ2n) is 8.70. The van der Waals surface area contributed by atoms with Gasteiger partial charge in [-0.05, 0) is 24.0 Å². The van der Waals surface area contributed by atoms with E-state index < -0.39 is 30.1 Å². The van der Waals surface area contributed by atoms with E-state index in [9.17, 15) is 31.1 Å². The molecule has 18 heteroatoms. The number of aromatic nitrogens is 3. The molecule has 2 unspecified atom stereocenters. The van der Waals surface area contributed by atoms with Gasteiger partial charge in [-0.15, -0.1) is 0 Å². The summed E-state index contributed by atoms with van der Waals surface area (Å²) in [7, 11) is 0.676. The number of esters is 1. The molecule has 3 aromatic rings. The quantitative estimate of drug-likeness (QED) is 0.105. The number of hydrogen-bond donors (Lipinski definition) is 5. The van der Waals surface area contributed by atoms with Crippen molar-refractivity contribution < 1.29 is 35.9 Å². The fourth-order valence-electron chi connectivity index (χ4n) is 3.36. The fourth-order valence-corrected chi connectivity index (χ4v) is 3.36. The number of nitrogens with zero attached hydrogens (tertiary/aromatic N) is 5. The highest BCUT2D eigenvalue weighted by molar-refractivity contribution is 5.92. The first kappa shape index (κ1) is 37.9. The number of aliphatic imine (C=N–C) groups is 2. The van der Waals surface area contributed by atoms with Gasteiger partial charge in [-0.3, -0.25) is 0 Å². The van der Waals surface area contributed by atoms with Crippen molar-refractivity contribution in [3.8, 4) is 0 Å². The molecule has 9 N–H and O–H groups in total. The van der Waals surface area contributed by atoms with Crippen molar-refractivity contribution in [3.05, 3.63) is 77.6 Å². The van der Waals surface area contributed by atoms with Crippen molar-refractivity contribution in [2.75, 3.05) is 18.2 Å². The lowest BCUT2D eigenvalue weighted by atomic mass is 10.1.